The van der Waals surface area contributed by atoms with E-state index in [0.29, 0.717) is 5.95 Å². The van der Waals surface area contributed by atoms with Crippen molar-refractivity contribution in [3.05, 3.63) is 22.1 Å². The maximum absolute atomic E-state index is 11.3. The number of rotatable bonds is 1. The molecule has 1 aliphatic heterocycles. The molecule has 1 aliphatic rings. The highest BCUT2D eigenvalue weighted by atomic mass is 16.1. The molecule has 0 spiro atoms. The SMILES string of the molecule is Cc1cc(=O)[nH]c(N2CCCC(N)C2)n1. The van der Waals surface area contributed by atoms with E-state index in [1.54, 1.807) is 0 Å². The first-order chi connectivity index (χ1) is 7.15. The number of piperidine rings is 1. The molecule has 1 fully saturated rings. The van der Waals surface area contributed by atoms with Crippen molar-refractivity contribution in [3.8, 4) is 0 Å². The molecule has 82 valence electrons. The Morgan fingerprint density at radius 1 is 1.67 bits per heavy atom. The number of anilines is 1. The summed E-state index contributed by atoms with van der Waals surface area (Å²) in [6, 6.07) is 1.68. The molecule has 0 aromatic carbocycles. The topological polar surface area (TPSA) is 75.0 Å². The maximum atomic E-state index is 11.3. The van der Waals surface area contributed by atoms with E-state index in [1.165, 1.54) is 6.07 Å². The van der Waals surface area contributed by atoms with Crippen LogP contribution in [0.3, 0.4) is 0 Å². The van der Waals surface area contributed by atoms with Crippen LogP contribution in [0.1, 0.15) is 18.5 Å². The standard InChI is InChI=1S/C10H16N4O/c1-7-5-9(15)13-10(12-7)14-4-2-3-8(11)6-14/h5,8H,2-4,6,11H2,1H3,(H,12,13,15). The van der Waals surface area contributed by atoms with Crippen LogP contribution < -0.4 is 16.2 Å². The Morgan fingerprint density at radius 3 is 3.13 bits per heavy atom. The van der Waals surface area contributed by atoms with E-state index in [-0.39, 0.29) is 11.6 Å². The van der Waals surface area contributed by atoms with Crippen LogP contribution in [0.5, 0.6) is 0 Å². The van der Waals surface area contributed by atoms with Crippen molar-refractivity contribution >= 4 is 5.95 Å². The average Bonchev–Trinajstić information content (AvgIpc) is 2.16. The van der Waals surface area contributed by atoms with Gasteiger partial charge in [0.25, 0.3) is 5.56 Å². The molecule has 3 N–H and O–H groups in total. The van der Waals surface area contributed by atoms with Crippen molar-refractivity contribution in [1.29, 1.82) is 0 Å². The van der Waals surface area contributed by atoms with Gasteiger partial charge in [-0.05, 0) is 19.8 Å². The molecule has 5 nitrogen and oxygen atoms in total. The fourth-order valence-electron chi connectivity index (χ4n) is 1.92. The zero-order chi connectivity index (χ0) is 10.8. The summed E-state index contributed by atoms with van der Waals surface area (Å²) in [5, 5.41) is 0. The summed E-state index contributed by atoms with van der Waals surface area (Å²) >= 11 is 0. The minimum Gasteiger partial charge on any atom is -0.341 e. The molecular weight excluding hydrogens is 192 g/mol. The van der Waals surface area contributed by atoms with Gasteiger partial charge < -0.3 is 10.6 Å². The average molecular weight is 208 g/mol. The molecule has 1 unspecified atom stereocenters. The van der Waals surface area contributed by atoms with Crippen molar-refractivity contribution in [2.24, 2.45) is 5.73 Å². The lowest BCUT2D eigenvalue weighted by Crippen LogP contribution is -2.44. The van der Waals surface area contributed by atoms with Crippen LogP contribution in [-0.2, 0) is 0 Å². The number of hydrogen-bond donors (Lipinski definition) is 2. The predicted octanol–water partition coefficient (Wildman–Crippen LogP) is 0.00582. The van der Waals surface area contributed by atoms with E-state index < -0.39 is 0 Å². The quantitative estimate of drug-likeness (QED) is 0.681. The summed E-state index contributed by atoms with van der Waals surface area (Å²) in [6.07, 6.45) is 2.10. The monoisotopic (exact) mass is 208 g/mol. The minimum absolute atomic E-state index is 0.100. The molecular formula is C10H16N4O. The summed E-state index contributed by atoms with van der Waals surface area (Å²) in [6.45, 7) is 3.51. The van der Waals surface area contributed by atoms with E-state index in [2.05, 4.69) is 9.97 Å². The van der Waals surface area contributed by atoms with Crippen LogP contribution >= 0.6 is 0 Å². The molecule has 2 rings (SSSR count). The Kier molecular flexibility index (Phi) is 2.73. The van der Waals surface area contributed by atoms with Crippen LogP contribution in [0.4, 0.5) is 5.95 Å². The van der Waals surface area contributed by atoms with Crippen molar-refractivity contribution < 1.29 is 0 Å². The fraction of sp³-hybridized carbons (Fsp3) is 0.600. The molecule has 0 radical (unpaired) electrons. The molecule has 1 saturated heterocycles. The number of nitrogens with zero attached hydrogens (tertiary/aromatic N) is 2. The lowest BCUT2D eigenvalue weighted by molar-refractivity contribution is 0.499. The van der Waals surface area contributed by atoms with E-state index in [1.807, 2.05) is 11.8 Å². The van der Waals surface area contributed by atoms with Crippen LogP contribution in [-0.4, -0.2) is 29.1 Å². The van der Waals surface area contributed by atoms with E-state index >= 15 is 0 Å². The van der Waals surface area contributed by atoms with Gasteiger partial charge in [-0.2, -0.15) is 0 Å². The summed E-state index contributed by atoms with van der Waals surface area (Å²) < 4.78 is 0. The van der Waals surface area contributed by atoms with Gasteiger partial charge in [-0.1, -0.05) is 0 Å². The van der Waals surface area contributed by atoms with E-state index in [0.717, 1.165) is 31.6 Å². The second kappa shape index (κ2) is 4.02. The van der Waals surface area contributed by atoms with E-state index in [4.69, 9.17) is 5.73 Å². The highest BCUT2D eigenvalue weighted by molar-refractivity contribution is 5.31. The Labute approximate surface area is 88.3 Å². The first-order valence-corrected chi connectivity index (χ1v) is 5.23. The van der Waals surface area contributed by atoms with Gasteiger partial charge in [-0.15, -0.1) is 0 Å². The second-order valence-electron chi connectivity index (χ2n) is 4.06. The number of H-pyrrole nitrogens is 1. The van der Waals surface area contributed by atoms with Gasteiger partial charge in [0.2, 0.25) is 5.95 Å². The first-order valence-electron chi connectivity index (χ1n) is 5.23. The smallest absolute Gasteiger partial charge is 0.252 e. The third-order valence-corrected chi connectivity index (χ3v) is 2.61. The molecule has 2 heterocycles. The third kappa shape index (κ3) is 2.36. The molecule has 1 aromatic rings. The molecule has 5 heteroatoms. The summed E-state index contributed by atoms with van der Waals surface area (Å²) in [7, 11) is 0. The first kappa shape index (κ1) is 10.2. The summed E-state index contributed by atoms with van der Waals surface area (Å²) in [5.41, 5.74) is 6.52. The highest BCUT2D eigenvalue weighted by Crippen LogP contribution is 2.13. The van der Waals surface area contributed by atoms with Gasteiger partial charge in [0, 0.05) is 30.9 Å². The third-order valence-electron chi connectivity index (χ3n) is 2.61. The van der Waals surface area contributed by atoms with E-state index in [9.17, 15) is 4.79 Å². The molecule has 15 heavy (non-hydrogen) atoms. The molecule has 0 saturated carbocycles. The van der Waals surface area contributed by atoms with Crippen molar-refractivity contribution in [1.82, 2.24) is 9.97 Å². The fourth-order valence-corrected chi connectivity index (χ4v) is 1.92. The molecule has 1 atom stereocenters. The lowest BCUT2D eigenvalue weighted by atomic mass is 10.1. The molecule has 1 aromatic heterocycles. The van der Waals surface area contributed by atoms with Gasteiger partial charge >= 0.3 is 0 Å². The van der Waals surface area contributed by atoms with Gasteiger partial charge in [-0.25, -0.2) is 4.98 Å². The van der Waals surface area contributed by atoms with Crippen molar-refractivity contribution in [3.63, 3.8) is 0 Å². The van der Waals surface area contributed by atoms with Gasteiger partial charge in [0.15, 0.2) is 0 Å². The number of aromatic nitrogens is 2. The molecule has 0 bridgehead atoms. The Hall–Kier alpha value is -1.36. The number of aryl methyl sites for hydroxylation is 1. The predicted molar refractivity (Wildman–Crippen MR) is 59.0 cm³/mol. The van der Waals surface area contributed by atoms with Crippen LogP contribution in [0.15, 0.2) is 10.9 Å². The number of aromatic amines is 1. The van der Waals surface area contributed by atoms with Crippen LogP contribution in [0.25, 0.3) is 0 Å². The summed E-state index contributed by atoms with van der Waals surface area (Å²) in [5.74, 6) is 0.648. The number of nitrogens with two attached hydrogens (primary N) is 1. The Balaban J connectivity index is 2.24. The van der Waals surface area contributed by atoms with Gasteiger partial charge in [-0.3, -0.25) is 9.78 Å². The van der Waals surface area contributed by atoms with Gasteiger partial charge in [0.1, 0.15) is 0 Å². The number of nitrogens with one attached hydrogen (secondary N) is 1. The minimum atomic E-state index is -0.100. The lowest BCUT2D eigenvalue weighted by Gasteiger charge is -2.31. The Bertz CT molecular complexity index is 401. The second-order valence-corrected chi connectivity index (χ2v) is 4.06. The maximum Gasteiger partial charge on any atom is 0.252 e. The molecule has 0 amide bonds. The highest BCUT2D eigenvalue weighted by Gasteiger charge is 2.18. The summed E-state index contributed by atoms with van der Waals surface area (Å²) in [4.78, 5) is 20.4. The van der Waals surface area contributed by atoms with Crippen LogP contribution in [0, 0.1) is 6.92 Å². The number of hydrogen-bond acceptors (Lipinski definition) is 4. The molecule has 0 aliphatic carbocycles. The van der Waals surface area contributed by atoms with Crippen LogP contribution in [0.2, 0.25) is 0 Å². The van der Waals surface area contributed by atoms with Crippen molar-refractivity contribution in [2.45, 2.75) is 25.8 Å². The zero-order valence-corrected chi connectivity index (χ0v) is 8.86. The normalized spacial score (nSPS) is 21.7. The van der Waals surface area contributed by atoms with Gasteiger partial charge in [0.05, 0.1) is 0 Å². The zero-order valence-electron chi connectivity index (χ0n) is 8.86. The largest absolute Gasteiger partial charge is 0.341 e. The van der Waals surface area contributed by atoms with Crippen molar-refractivity contribution in [2.75, 3.05) is 18.0 Å². The Morgan fingerprint density at radius 2 is 2.47 bits per heavy atom.